The standard InChI is InChI=1S/C24H34N2O2.C2H6O/c1-3-4-15-25-24(28)22-16-23(20-11-8-12-21(27)14-13-20)26(18(22)2)17-19-9-6-5-7-10-19;1-2-3/h8,12-14,16,19,27H,3-7,9-11,15,17H2,1-2H3,(H,25,28);3H,2H2,1H3. The van der Waals surface area contributed by atoms with E-state index in [-0.39, 0.29) is 18.3 Å². The van der Waals surface area contributed by atoms with Gasteiger partial charge < -0.3 is 20.1 Å². The summed E-state index contributed by atoms with van der Waals surface area (Å²) in [5.74, 6) is 0.979. The van der Waals surface area contributed by atoms with Crippen LogP contribution in [0.1, 0.15) is 87.0 Å². The first-order valence-electron chi connectivity index (χ1n) is 11.9. The maximum absolute atomic E-state index is 12.8. The van der Waals surface area contributed by atoms with E-state index in [4.69, 9.17) is 5.11 Å². The normalized spacial score (nSPS) is 16.6. The molecule has 1 aromatic heterocycles. The molecule has 0 spiro atoms. The van der Waals surface area contributed by atoms with Gasteiger partial charge in [-0.15, -0.1) is 0 Å². The number of aliphatic hydroxyl groups excluding tert-OH is 2. The van der Waals surface area contributed by atoms with Crippen molar-refractivity contribution < 1.29 is 15.0 Å². The molecule has 0 saturated heterocycles. The molecule has 1 aromatic rings. The highest BCUT2D eigenvalue weighted by atomic mass is 16.3. The molecule has 0 unspecified atom stereocenters. The summed E-state index contributed by atoms with van der Waals surface area (Å²) in [6, 6.07) is 2.05. The van der Waals surface area contributed by atoms with Crippen LogP contribution in [0, 0.1) is 12.8 Å². The molecule has 31 heavy (non-hydrogen) atoms. The summed E-state index contributed by atoms with van der Waals surface area (Å²) in [6.07, 6.45) is 16.8. The Morgan fingerprint density at radius 1 is 1.19 bits per heavy atom. The molecule has 0 atom stereocenters. The number of carbonyl (C=O) groups excluding carboxylic acids is 1. The van der Waals surface area contributed by atoms with Crippen molar-refractivity contribution in [3.63, 3.8) is 0 Å². The molecule has 5 heteroatoms. The van der Waals surface area contributed by atoms with E-state index < -0.39 is 0 Å². The second-order valence-corrected chi connectivity index (χ2v) is 8.46. The molecule has 2 aliphatic carbocycles. The van der Waals surface area contributed by atoms with E-state index in [1.807, 2.05) is 12.2 Å². The molecule has 3 rings (SSSR count). The van der Waals surface area contributed by atoms with Crippen molar-refractivity contribution in [3.05, 3.63) is 53.1 Å². The summed E-state index contributed by atoms with van der Waals surface area (Å²) in [5.41, 5.74) is 4.09. The Hall–Kier alpha value is -2.27. The van der Waals surface area contributed by atoms with Crippen LogP contribution in [0.3, 0.4) is 0 Å². The number of carbonyl (C=O) groups is 1. The molecule has 172 valence electrons. The SMILES string of the molecule is CCCCNC(=O)c1cc(C2=CC=C(O)C=CC2)n(CC2CCCCC2)c1C.CCO. The lowest BCUT2D eigenvalue weighted by atomic mass is 9.89. The third kappa shape index (κ3) is 7.42. The Balaban J connectivity index is 0.00000107. The third-order valence-electron chi connectivity index (χ3n) is 6.00. The average molecular weight is 429 g/mol. The molecule has 5 nitrogen and oxygen atoms in total. The smallest absolute Gasteiger partial charge is 0.253 e. The second-order valence-electron chi connectivity index (χ2n) is 8.46. The first-order valence-corrected chi connectivity index (χ1v) is 11.9. The van der Waals surface area contributed by atoms with Crippen LogP contribution < -0.4 is 5.32 Å². The Morgan fingerprint density at radius 3 is 2.58 bits per heavy atom. The largest absolute Gasteiger partial charge is 0.508 e. The Kier molecular flexibility index (Phi) is 10.6. The van der Waals surface area contributed by atoms with E-state index in [2.05, 4.69) is 29.8 Å². The van der Waals surface area contributed by atoms with Gasteiger partial charge in [0.2, 0.25) is 0 Å². The first-order chi connectivity index (χ1) is 15.0. The minimum absolute atomic E-state index is 0.0257. The topological polar surface area (TPSA) is 74.5 Å². The fourth-order valence-corrected chi connectivity index (χ4v) is 4.28. The van der Waals surface area contributed by atoms with Crippen LogP contribution in [-0.2, 0) is 6.54 Å². The molecule has 3 N–H and O–H groups in total. The van der Waals surface area contributed by atoms with E-state index in [0.717, 1.165) is 54.9 Å². The lowest BCUT2D eigenvalue weighted by molar-refractivity contribution is 0.0952. The molecule has 0 aliphatic heterocycles. The highest BCUT2D eigenvalue weighted by molar-refractivity contribution is 5.96. The number of hydrogen-bond donors (Lipinski definition) is 3. The van der Waals surface area contributed by atoms with Crippen LogP contribution in [-0.4, -0.2) is 33.8 Å². The van der Waals surface area contributed by atoms with Crippen LogP contribution in [0.5, 0.6) is 0 Å². The molecular formula is C26H40N2O3. The van der Waals surface area contributed by atoms with Crippen LogP contribution >= 0.6 is 0 Å². The van der Waals surface area contributed by atoms with Gasteiger partial charge in [-0.2, -0.15) is 0 Å². The summed E-state index contributed by atoms with van der Waals surface area (Å²) >= 11 is 0. The number of amides is 1. The van der Waals surface area contributed by atoms with Crippen molar-refractivity contribution in [2.75, 3.05) is 13.2 Å². The minimum Gasteiger partial charge on any atom is -0.508 e. The van der Waals surface area contributed by atoms with Gasteiger partial charge >= 0.3 is 0 Å². The number of allylic oxidation sites excluding steroid dienone is 5. The number of rotatable bonds is 7. The van der Waals surface area contributed by atoms with Crippen LogP contribution in [0.4, 0.5) is 0 Å². The molecule has 0 aromatic carbocycles. The molecular weight excluding hydrogens is 388 g/mol. The summed E-state index contributed by atoms with van der Waals surface area (Å²) in [7, 11) is 0. The quantitative estimate of drug-likeness (QED) is 0.488. The number of aliphatic hydroxyl groups is 2. The van der Waals surface area contributed by atoms with Crippen molar-refractivity contribution in [1.82, 2.24) is 9.88 Å². The summed E-state index contributed by atoms with van der Waals surface area (Å²) in [5, 5.41) is 20.5. The van der Waals surface area contributed by atoms with E-state index in [0.29, 0.717) is 5.92 Å². The molecule has 1 fully saturated rings. The van der Waals surface area contributed by atoms with Crippen molar-refractivity contribution >= 4 is 11.5 Å². The van der Waals surface area contributed by atoms with Crippen molar-refractivity contribution in [2.45, 2.75) is 78.7 Å². The van der Waals surface area contributed by atoms with Crippen LogP contribution in [0.15, 0.2) is 36.1 Å². The van der Waals surface area contributed by atoms with Gasteiger partial charge in [-0.1, -0.05) is 44.8 Å². The van der Waals surface area contributed by atoms with E-state index in [1.165, 1.54) is 32.1 Å². The van der Waals surface area contributed by atoms with Gasteiger partial charge in [-0.25, -0.2) is 0 Å². The number of aromatic nitrogens is 1. The molecule has 0 radical (unpaired) electrons. The molecule has 2 aliphatic rings. The van der Waals surface area contributed by atoms with Crippen molar-refractivity contribution in [1.29, 1.82) is 0 Å². The van der Waals surface area contributed by atoms with E-state index >= 15 is 0 Å². The van der Waals surface area contributed by atoms with E-state index in [9.17, 15) is 9.90 Å². The van der Waals surface area contributed by atoms with Gasteiger partial charge in [0, 0.05) is 31.1 Å². The fraction of sp³-hybridized carbons (Fsp3) is 0.577. The maximum atomic E-state index is 12.8. The second kappa shape index (κ2) is 13.2. The number of hydrogen-bond acceptors (Lipinski definition) is 3. The molecule has 1 heterocycles. The fourth-order valence-electron chi connectivity index (χ4n) is 4.28. The predicted octanol–water partition coefficient (Wildman–Crippen LogP) is 5.69. The minimum atomic E-state index is 0.0257. The number of nitrogens with one attached hydrogen (secondary N) is 1. The van der Waals surface area contributed by atoms with Crippen molar-refractivity contribution in [2.24, 2.45) is 5.92 Å². The van der Waals surface area contributed by atoms with Gasteiger partial charge in [-0.3, -0.25) is 4.79 Å². The van der Waals surface area contributed by atoms with Crippen LogP contribution in [0.25, 0.3) is 5.57 Å². The zero-order valence-corrected chi connectivity index (χ0v) is 19.5. The van der Waals surface area contributed by atoms with Crippen LogP contribution in [0.2, 0.25) is 0 Å². The van der Waals surface area contributed by atoms with E-state index in [1.54, 1.807) is 19.1 Å². The molecule has 1 saturated carbocycles. The Morgan fingerprint density at radius 2 is 1.90 bits per heavy atom. The monoisotopic (exact) mass is 428 g/mol. The summed E-state index contributed by atoms with van der Waals surface area (Å²) in [4.78, 5) is 12.8. The Labute approximate surface area is 187 Å². The maximum Gasteiger partial charge on any atom is 0.253 e. The van der Waals surface area contributed by atoms with Gasteiger partial charge in [0.25, 0.3) is 5.91 Å². The van der Waals surface area contributed by atoms with Gasteiger partial charge in [0.1, 0.15) is 5.76 Å². The van der Waals surface area contributed by atoms with Gasteiger partial charge in [0.15, 0.2) is 0 Å². The Bertz CT molecular complexity index is 796. The number of nitrogens with zero attached hydrogens (tertiary/aromatic N) is 1. The summed E-state index contributed by atoms with van der Waals surface area (Å²) in [6.45, 7) is 7.83. The first kappa shape index (κ1) is 25.0. The lowest BCUT2D eigenvalue weighted by Crippen LogP contribution is -2.25. The van der Waals surface area contributed by atoms with Gasteiger partial charge in [0.05, 0.1) is 5.56 Å². The molecule has 0 bridgehead atoms. The number of unbranched alkanes of at least 4 members (excludes halogenated alkanes) is 1. The average Bonchev–Trinajstić information content (AvgIpc) is 2.93. The van der Waals surface area contributed by atoms with Gasteiger partial charge in [-0.05, 0) is 69.2 Å². The zero-order chi connectivity index (χ0) is 22.6. The lowest BCUT2D eigenvalue weighted by Gasteiger charge is -2.24. The molecule has 1 amide bonds. The summed E-state index contributed by atoms with van der Waals surface area (Å²) < 4.78 is 2.35. The highest BCUT2D eigenvalue weighted by Gasteiger charge is 2.22. The predicted molar refractivity (Wildman–Crippen MR) is 128 cm³/mol. The zero-order valence-electron chi connectivity index (χ0n) is 19.5. The highest BCUT2D eigenvalue weighted by Crippen LogP contribution is 2.31. The third-order valence-corrected chi connectivity index (χ3v) is 6.00. The van der Waals surface area contributed by atoms with Crippen molar-refractivity contribution in [3.8, 4) is 0 Å².